The Labute approximate surface area is 106 Å². The number of aromatic nitrogens is 2. The molecule has 98 valence electrons. The van der Waals surface area contributed by atoms with Gasteiger partial charge in [-0.2, -0.15) is 23.5 Å². The van der Waals surface area contributed by atoms with Crippen LogP contribution >= 0.6 is 0 Å². The zero-order chi connectivity index (χ0) is 14.2. The van der Waals surface area contributed by atoms with E-state index in [1.165, 1.54) is 23.9 Å². The monoisotopic (exact) mass is 266 g/mol. The third-order valence-corrected chi connectivity index (χ3v) is 2.67. The maximum Gasteiger partial charge on any atom is 0.416 e. The predicted molar refractivity (Wildman–Crippen MR) is 62.8 cm³/mol. The molecule has 1 heterocycles. The van der Waals surface area contributed by atoms with Gasteiger partial charge in [-0.15, -0.1) is 0 Å². The molecule has 0 aliphatic heterocycles. The molecule has 2 N–H and O–H groups in total. The van der Waals surface area contributed by atoms with E-state index in [1.54, 1.807) is 0 Å². The van der Waals surface area contributed by atoms with Crippen LogP contribution in [-0.2, 0) is 13.2 Å². The summed E-state index contributed by atoms with van der Waals surface area (Å²) in [4.78, 5) is 0. The summed E-state index contributed by atoms with van der Waals surface area (Å²) in [7, 11) is 1.52. The Morgan fingerprint density at radius 2 is 2.05 bits per heavy atom. The van der Waals surface area contributed by atoms with Crippen LogP contribution in [0.5, 0.6) is 0 Å². The van der Waals surface area contributed by atoms with E-state index >= 15 is 0 Å². The first-order valence-corrected chi connectivity index (χ1v) is 5.25. The van der Waals surface area contributed by atoms with Crippen LogP contribution in [0.25, 0.3) is 11.3 Å². The third kappa shape index (κ3) is 2.25. The van der Waals surface area contributed by atoms with E-state index in [1.807, 2.05) is 6.07 Å². The van der Waals surface area contributed by atoms with Crippen molar-refractivity contribution in [1.82, 2.24) is 9.78 Å². The van der Waals surface area contributed by atoms with Gasteiger partial charge in [0.15, 0.2) is 0 Å². The fourth-order valence-corrected chi connectivity index (χ4v) is 1.69. The van der Waals surface area contributed by atoms with E-state index in [0.29, 0.717) is 0 Å². The van der Waals surface area contributed by atoms with Crippen LogP contribution in [0.4, 0.5) is 19.0 Å². The zero-order valence-corrected chi connectivity index (χ0v) is 9.86. The van der Waals surface area contributed by atoms with Crippen LogP contribution in [0.3, 0.4) is 0 Å². The van der Waals surface area contributed by atoms with Crippen molar-refractivity contribution in [3.8, 4) is 17.3 Å². The van der Waals surface area contributed by atoms with Crippen molar-refractivity contribution in [3.63, 3.8) is 0 Å². The lowest BCUT2D eigenvalue weighted by Gasteiger charge is -2.07. The van der Waals surface area contributed by atoms with E-state index in [0.717, 1.165) is 12.1 Å². The molecule has 0 radical (unpaired) electrons. The zero-order valence-electron chi connectivity index (χ0n) is 9.86. The summed E-state index contributed by atoms with van der Waals surface area (Å²) in [6.07, 6.45) is -4.44. The molecule has 0 spiro atoms. The number of halogens is 3. The van der Waals surface area contributed by atoms with Crippen molar-refractivity contribution in [2.45, 2.75) is 6.18 Å². The van der Waals surface area contributed by atoms with Crippen molar-refractivity contribution in [1.29, 1.82) is 5.26 Å². The maximum atomic E-state index is 12.6. The van der Waals surface area contributed by atoms with Crippen LogP contribution in [0.2, 0.25) is 0 Å². The number of hydrogen-bond donors (Lipinski definition) is 1. The van der Waals surface area contributed by atoms with Crippen LogP contribution in [0.15, 0.2) is 24.3 Å². The average molecular weight is 266 g/mol. The molecule has 0 atom stereocenters. The van der Waals surface area contributed by atoms with E-state index in [9.17, 15) is 13.2 Å². The Bertz CT molecular complexity index is 665. The van der Waals surface area contributed by atoms with Gasteiger partial charge in [-0.3, -0.25) is 4.68 Å². The van der Waals surface area contributed by atoms with Gasteiger partial charge in [-0.05, 0) is 12.1 Å². The molecule has 0 saturated heterocycles. The van der Waals surface area contributed by atoms with E-state index in [-0.39, 0.29) is 22.6 Å². The number of nitrogens with two attached hydrogens (primary N) is 1. The summed E-state index contributed by atoms with van der Waals surface area (Å²) in [6.45, 7) is 0. The van der Waals surface area contributed by atoms with Gasteiger partial charge in [-0.25, -0.2) is 0 Å². The number of aryl methyl sites for hydroxylation is 1. The number of rotatable bonds is 1. The molecular weight excluding hydrogens is 257 g/mol. The minimum Gasteiger partial charge on any atom is -0.383 e. The Morgan fingerprint density at radius 3 is 2.63 bits per heavy atom. The third-order valence-electron chi connectivity index (χ3n) is 2.67. The maximum absolute atomic E-state index is 12.6. The number of anilines is 1. The largest absolute Gasteiger partial charge is 0.416 e. The molecule has 0 bridgehead atoms. The summed E-state index contributed by atoms with van der Waals surface area (Å²) in [5.74, 6) is 0.120. The highest BCUT2D eigenvalue weighted by Crippen LogP contribution is 2.33. The Kier molecular flexibility index (Phi) is 2.94. The summed E-state index contributed by atoms with van der Waals surface area (Å²) < 4.78 is 39.2. The summed E-state index contributed by atoms with van der Waals surface area (Å²) in [5, 5.41) is 13.0. The highest BCUT2D eigenvalue weighted by molar-refractivity contribution is 5.72. The number of nitriles is 1. The first-order chi connectivity index (χ1) is 8.84. The molecule has 0 amide bonds. The fourth-order valence-electron chi connectivity index (χ4n) is 1.69. The lowest BCUT2D eigenvalue weighted by Crippen LogP contribution is -2.04. The fraction of sp³-hybridized carbons (Fsp3) is 0.167. The smallest absolute Gasteiger partial charge is 0.383 e. The quantitative estimate of drug-likeness (QED) is 0.862. The molecule has 0 aliphatic rings. The molecule has 0 fully saturated rings. The normalized spacial score (nSPS) is 11.3. The average Bonchev–Trinajstić information content (AvgIpc) is 2.64. The van der Waals surface area contributed by atoms with E-state index in [2.05, 4.69) is 5.10 Å². The second-order valence-corrected chi connectivity index (χ2v) is 3.92. The Balaban J connectivity index is 2.61. The molecule has 0 aliphatic carbocycles. The second-order valence-electron chi connectivity index (χ2n) is 3.92. The summed E-state index contributed by atoms with van der Waals surface area (Å²) in [5.41, 5.74) is 5.26. The standard InChI is InChI=1S/C12H9F3N4/c1-19-11(17)9(6-16)10(18-19)7-3-2-4-8(5-7)12(13,14)15/h2-5H,17H2,1H3. The van der Waals surface area contributed by atoms with Gasteiger partial charge in [-0.1, -0.05) is 12.1 Å². The van der Waals surface area contributed by atoms with Crippen LogP contribution in [0, 0.1) is 11.3 Å². The van der Waals surface area contributed by atoms with Gasteiger partial charge in [0.2, 0.25) is 0 Å². The van der Waals surface area contributed by atoms with Crippen molar-refractivity contribution in [3.05, 3.63) is 35.4 Å². The molecule has 1 aromatic carbocycles. The van der Waals surface area contributed by atoms with Gasteiger partial charge in [0.05, 0.1) is 5.56 Å². The summed E-state index contributed by atoms with van der Waals surface area (Å²) >= 11 is 0. The van der Waals surface area contributed by atoms with Crippen LogP contribution < -0.4 is 5.73 Å². The van der Waals surface area contributed by atoms with Crippen LogP contribution in [-0.4, -0.2) is 9.78 Å². The molecular formula is C12H9F3N4. The number of benzene rings is 1. The van der Waals surface area contributed by atoms with Gasteiger partial charge in [0, 0.05) is 12.6 Å². The van der Waals surface area contributed by atoms with Gasteiger partial charge < -0.3 is 5.73 Å². The van der Waals surface area contributed by atoms with Gasteiger partial charge in [0.1, 0.15) is 23.1 Å². The molecule has 4 nitrogen and oxygen atoms in total. The molecule has 0 saturated carbocycles. The van der Waals surface area contributed by atoms with Crippen LogP contribution in [0.1, 0.15) is 11.1 Å². The van der Waals surface area contributed by atoms with Crippen molar-refractivity contribution >= 4 is 5.82 Å². The number of alkyl halides is 3. The molecule has 1 aromatic heterocycles. The molecule has 0 unspecified atom stereocenters. The number of nitrogens with zero attached hydrogens (tertiary/aromatic N) is 3. The highest BCUT2D eigenvalue weighted by Gasteiger charge is 2.31. The minimum absolute atomic E-state index is 0.0711. The van der Waals surface area contributed by atoms with E-state index < -0.39 is 11.7 Å². The molecule has 2 aromatic rings. The molecule has 19 heavy (non-hydrogen) atoms. The van der Waals surface area contributed by atoms with Crippen molar-refractivity contribution in [2.75, 3.05) is 5.73 Å². The second kappa shape index (κ2) is 4.31. The first kappa shape index (κ1) is 13.0. The lowest BCUT2D eigenvalue weighted by molar-refractivity contribution is -0.137. The molecule has 7 heteroatoms. The van der Waals surface area contributed by atoms with Gasteiger partial charge >= 0.3 is 6.18 Å². The summed E-state index contributed by atoms with van der Waals surface area (Å²) in [6, 6.07) is 6.48. The minimum atomic E-state index is -4.44. The topological polar surface area (TPSA) is 67.6 Å². The Morgan fingerprint density at radius 1 is 1.37 bits per heavy atom. The highest BCUT2D eigenvalue weighted by atomic mass is 19.4. The van der Waals surface area contributed by atoms with Crippen molar-refractivity contribution < 1.29 is 13.2 Å². The van der Waals surface area contributed by atoms with E-state index in [4.69, 9.17) is 11.0 Å². The van der Waals surface area contributed by atoms with Crippen molar-refractivity contribution in [2.24, 2.45) is 7.05 Å². The first-order valence-electron chi connectivity index (χ1n) is 5.25. The SMILES string of the molecule is Cn1nc(-c2cccc(C(F)(F)F)c2)c(C#N)c1N. The van der Waals surface area contributed by atoms with Gasteiger partial charge in [0.25, 0.3) is 0 Å². The number of hydrogen-bond acceptors (Lipinski definition) is 3. The lowest BCUT2D eigenvalue weighted by atomic mass is 10.1. The number of nitrogen functional groups attached to an aromatic ring is 1. The Hall–Kier alpha value is -2.49. The predicted octanol–water partition coefficient (Wildman–Crippen LogP) is 2.56. The molecule has 2 rings (SSSR count).